The molecule has 164 valence electrons. The molecular weight excluding hydrogens is 451 g/mol. The maximum atomic E-state index is 13.3. The molecule has 2 aromatic heterocycles. The lowest BCUT2D eigenvalue weighted by molar-refractivity contribution is -0.113. The molecule has 7 nitrogen and oxygen atoms in total. The second kappa shape index (κ2) is 9.25. The number of rotatable bonds is 7. The summed E-state index contributed by atoms with van der Waals surface area (Å²) in [6, 6.07) is 10.5. The fourth-order valence-corrected chi connectivity index (χ4v) is 5.02. The molecule has 10 heteroatoms. The number of carbonyl (C=O) groups is 1. The average molecular weight is 471 g/mol. The van der Waals surface area contributed by atoms with Gasteiger partial charge in [0.25, 0.3) is 11.1 Å². The third-order valence-corrected chi connectivity index (χ3v) is 6.81. The van der Waals surface area contributed by atoms with Crippen LogP contribution >= 0.6 is 23.1 Å². The van der Waals surface area contributed by atoms with E-state index in [1.165, 1.54) is 47.4 Å². The normalized spacial score (nSPS) is 13.2. The van der Waals surface area contributed by atoms with Gasteiger partial charge in [-0.25, -0.2) is 9.37 Å². The monoisotopic (exact) mass is 470 g/mol. The number of hydrogen-bond donors (Lipinski definition) is 1. The molecule has 0 fully saturated rings. The minimum Gasteiger partial charge on any atom is -0.484 e. The van der Waals surface area contributed by atoms with Gasteiger partial charge in [-0.3, -0.25) is 4.79 Å². The van der Waals surface area contributed by atoms with Gasteiger partial charge in [-0.2, -0.15) is 0 Å². The first-order valence-electron chi connectivity index (χ1n) is 10.2. The number of aromatic nitrogens is 3. The van der Waals surface area contributed by atoms with Gasteiger partial charge in [0.15, 0.2) is 11.7 Å². The third kappa shape index (κ3) is 4.91. The van der Waals surface area contributed by atoms with E-state index in [0.717, 1.165) is 30.4 Å². The van der Waals surface area contributed by atoms with Gasteiger partial charge in [0, 0.05) is 0 Å². The maximum Gasteiger partial charge on any atom is 0.277 e. The highest BCUT2D eigenvalue weighted by Crippen LogP contribution is 2.28. The van der Waals surface area contributed by atoms with Crippen molar-refractivity contribution in [2.75, 3.05) is 11.1 Å². The molecule has 4 aromatic rings. The zero-order chi connectivity index (χ0) is 21.9. The number of thiazole rings is 1. The van der Waals surface area contributed by atoms with Crippen molar-refractivity contribution in [3.8, 4) is 5.75 Å². The van der Waals surface area contributed by atoms with Gasteiger partial charge in [-0.05, 0) is 67.1 Å². The molecule has 0 bridgehead atoms. The zero-order valence-corrected chi connectivity index (χ0v) is 18.6. The number of nitrogens with one attached hydrogen (secondary N) is 1. The molecule has 0 saturated heterocycles. The Morgan fingerprint density at radius 2 is 2.03 bits per heavy atom. The predicted octanol–water partition coefficient (Wildman–Crippen LogP) is 5.01. The van der Waals surface area contributed by atoms with E-state index in [4.69, 9.17) is 9.15 Å². The number of carbonyl (C=O) groups excluding carboxylic acids is 1. The molecule has 5 rings (SSSR count). The minimum atomic E-state index is -0.336. The smallest absolute Gasteiger partial charge is 0.277 e. The highest BCUT2D eigenvalue weighted by atomic mass is 32.2. The van der Waals surface area contributed by atoms with Crippen molar-refractivity contribution in [3.05, 3.63) is 59.2 Å². The van der Waals surface area contributed by atoms with Crippen molar-refractivity contribution in [1.29, 1.82) is 0 Å². The number of benzene rings is 2. The van der Waals surface area contributed by atoms with Gasteiger partial charge in [-0.1, -0.05) is 29.2 Å². The van der Waals surface area contributed by atoms with Gasteiger partial charge < -0.3 is 14.5 Å². The Kier molecular flexibility index (Phi) is 6.04. The molecule has 32 heavy (non-hydrogen) atoms. The van der Waals surface area contributed by atoms with E-state index < -0.39 is 0 Å². The summed E-state index contributed by atoms with van der Waals surface area (Å²) >= 11 is 2.35. The average Bonchev–Trinajstić information content (AvgIpc) is 3.42. The Bertz CT molecular complexity index is 1270. The van der Waals surface area contributed by atoms with Gasteiger partial charge in [-0.15, -0.1) is 10.2 Å². The lowest BCUT2D eigenvalue weighted by Gasteiger charge is -2.16. The fourth-order valence-electron chi connectivity index (χ4n) is 3.53. The summed E-state index contributed by atoms with van der Waals surface area (Å²) in [7, 11) is 0. The van der Waals surface area contributed by atoms with Gasteiger partial charge in [0.1, 0.15) is 11.6 Å². The Balaban J connectivity index is 1.12. The Morgan fingerprint density at radius 3 is 2.94 bits per heavy atom. The van der Waals surface area contributed by atoms with Crippen LogP contribution in [-0.2, 0) is 24.2 Å². The summed E-state index contributed by atoms with van der Waals surface area (Å²) in [5, 5.41) is 11.3. The lowest BCUT2D eigenvalue weighted by Crippen LogP contribution is -2.13. The largest absolute Gasteiger partial charge is 0.484 e. The fraction of sp³-hybridized carbons (Fsp3) is 0.273. The Labute approximate surface area is 191 Å². The number of nitrogens with zero attached hydrogens (tertiary/aromatic N) is 3. The first-order chi connectivity index (χ1) is 15.6. The van der Waals surface area contributed by atoms with Crippen LogP contribution in [0, 0.1) is 5.82 Å². The first kappa shape index (κ1) is 20.9. The van der Waals surface area contributed by atoms with Crippen molar-refractivity contribution in [2.24, 2.45) is 0 Å². The van der Waals surface area contributed by atoms with Gasteiger partial charge in [0.05, 0.1) is 16.0 Å². The van der Waals surface area contributed by atoms with E-state index in [9.17, 15) is 9.18 Å². The van der Waals surface area contributed by atoms with Crippen LogP contribution in [0.4, 0.5) is 9.52 Å². The molecule has 0 aliphatic heterocycles. The molecular formula is C22H19FN4O3S2. The van der Waals surface area contributed by atoms with E-state index in [-0.39, 0.29) is 29.3 Å². The zero-order valence-electron chi connectivity index (χ0n) is 17.0. The van der Waals surface area contributed by atoms with Gasteiger partial charge in [0.2, 0.25) is 5.91 Å². The number of aryl methyl sites for hydroxylation is 2. The van der Waals surface area contributed by atoms with Crippen LogP contribution < -0.4 is 10.1 Å². The molecule has 0 radical (unpaired) electrons. The molecule has 1 aliphatic rings. The van der Waals surface area contributed by atoms with Crippen LogP contribution in [0.1, 0.15) is 29.9 Å². The highest BCUT2D eigenvalue weighted by Gasteiger charge is 2.14. The summed E-state index contributed by atoms with van der Waals surface area (Å²) < 4.78 is 25.3. The van der Waals surface area contributed by atoms with Crippen LogP contribution in [0.2, 0.25) is 0 Å². The Morgan fingerprint density at radius 1 is 1.16 bits per heavy atom. The molecule has 0 saturated carbocycles. The van der Waals surface area contributed by atoms with Crippen molar-refractivity contribution in [3.63, 3.8) is 0 Å². The van der Waals surface area contributed by atoms with Crippen molar-refractivity contribution < 1.29 is 18.3 Å². The maximum absolute atomic E-state index is 13.3. The molecule has 1 amide bonds. The predicted molar refractivity (Wildman–Crippen MR) is 121 cm³/mol. The van der Waals surface area contributed by atoms with E-state index in [1.54, 1.807) is 6.07 Å². The quantitative estimate of drug-likeness (QED) is 0.380. The van der Waals surface area contributed by atoms with Gasteiger partial charge >= 0.3 is 0 Å². The summed E-state index contributed by atoms with van der Waals surface area (Å²) in [6.07, 6.45) is 4.68. The number of thioether (sulfide) groups is 1. The Hall–Kier alpha value is -2.98. The topological polar surface area (TPSA) is 90.1 Å². The molecule has 2 heterocycles. The lowest BCUT2D eigenvalue weighted by atomic mass is 9.92. The van der Waals surface area contributed by atoms with Crippen LogP contribution in [0.25, 0.3) is 10.2 Å². The third-order valence-electron chi connectivity index (χ3n) is 5.05. The summed E-state index contributed by atoms with van der Waals surface area (Å²) in [4.78, 5) is 16.5. The second-order valence-corrected chi connectivity index (χ2v) is 9.31. The van der Waals surface area contributed by atoms with Crippen LogP contribution in [-0.4, -0.2) is 26.8 Å². The molecule has 0 atom stereocenters. The number of fused-ring (bicyclic) bond motifs is 2. The highest BCUT2D eigenvalue weighted by molar-refractivity contribution is 7.99. The van der Waals surface area contributed by atoms with E-state index in [1.807, 2.05) is 6.07 Å². The number of amides is 1. The molecule has 2 aromatic carbocycles. The summed E-state index contributed by atoms with van der Waals surface area (Å²) in [5.74, 6) is 0.612. The molecule has 0 spiro atoms. The second-order valence-electron chi connectivity index (χ2n) is 7.36. The standard InChI is InChI=1S/C22H19FN4O3S2/c23-15-6-8-17-18(10-15)32-21(24-17)25-19(28)12-31-22-27-26-20(30-22)11-29-16-7-5-13-3-1-2-4-14(13)9-16/h5-10H,1-4,11-12H2,(H,24,25,28). The molecule has 0 unspecified atom stereocenters. The molecule has 1 aliphatic carbocycles. The minimum absolute atomic E-state index is 0.0810. The van der Waals surface area contributed by atoms with Crippen LogP contribution in [0.3, 0.4) is 0 Å². The van der Waals surface area contributed by atoms with E-state index in [0.29, 0.717) is 21.2 Å². The number of ether oxygens (including phenoxy) is 1. The summed E-state index contributed by atoms with van der Waals surface area (Å²) in [5.41, 5.74) is 3.39. The molecule has 1 N–H and O–H groups in total. The first-order valence-corrected chi connectivity index (χ1v) is 12.0. The van der Waals surface area contributed by atoms with E-state index in [2.05, 4.69) is 32.6 Å². The summed E-state index contributed by atoms with van der Waals surface area (Å²) in [6.45, 7) is 0.167. The van der Waals surface area contributed by atoms with Crippen molar-refractivity contribution in [2.45, 2.75) is 37.5 Å². The number of halogens is 1. The van der Waals surface area contributed by atoms with E-state index >= 15 is 0 Å². The SMILES string of the molecule is O=C(CSc1nnc(COc2ccc3c(c2)CCCC3)o1)Nc1nc2ccc(F)cc2s1. The van der Waals surface area contributed by atoms with Crippen LogP contribution in [0.15, 0.2) is 46.0 Å². The van der Waals surface area contributed by atoms with Crippen molar-refractivity contribution in [1.82, 2.24) is 15.2 Å². The number of anilines is 1. The van der Waals surface area contributed by atoms with Crippen molar-refractivity contribution >= 4 is 44.4 Å². The number of hydrogen-bond acceptors (Lipinski definition) is 8. The van der Waals surface area contributed by atoms with Crippen LogP contribution in [0.5, 0.6) is 5.75 Å².